The first-order chi connectivity index (χ1) is 14.4. The summed E-state index contributed by atoms with van der Waals surface area (Å²) < 4.78 is 7.82. The second-order valence-corrected chi connectivity index (χ2v) is 8.47. The van der Waals surface area contributed by atoms with E-state index in [1.807, 2.05) is 42.8 Å². The average molecular weight is 465 g/mol. The molecule has 0 unspecified atom stereocenters. The van der Waals surface area contributed by atoms with Gasteiger partial charge in [0.15, 0.2) is 17.1 Å². The number of halogens is 2. The Labute approximate surface area is 189 Å². The first-order valence-corrected chi connectivity index (χ1v) is 11.1. The highest BCUT2D eigenvalue weighted by Gasteiger charge is 2.18. The number of nitrogens with one attached hydrogen (secondary N) is 1. The monoisotopic (exact) mass is 464 g/mol. The number of amides is 1. The maximum atomic E-state index is 12.3. The Kier molecular flexibility index (Phi) is 7.64. The maximum absolute atomic E-state index is 12.3. The van der Waals surface area contributed by atoms with Gasteiger partial charge in [-0.15, -0.1) is 10.2 Å². The Morgan fingerprint density at radius 3 is 2.47 bits per heavy atom. The zero-order chi connectivity index (χ0) is 21.7. The van der Waals surface area contributed by atoms with Gasteiger partial charge in [-0.2, -0.15) is 0 Å². The van der Waals surface area contributed by atoms with Gasteiger partial charge >= 0.3 is 0 Å². The molecule has 0 fully saturated rings. The largest absolute Gasteiger partial charge is 0.483 e. The summed E-state index contributed by atoms with van der Waals surface area (Å²) in [6.07, 6.45) is 0.698. The molecule has 9 heteroatoms. The minimum absolute atomic E-state index is 0.170. The maximum Gasteiger partial charge on any atom is 0.234 e. The molecule has 0 bridgehead atoms. The van der Waals surface area contributed by atoms with Gasteiger partial charge in [0.1, 0.15) is 5.75 Å². The lowest BCUT2D eigenvalue weighted by atomic mass is 10.2. The fourth-order valence-corrected chi connectivity index (χ4v) is 4.06. The van der Waals surface area contributed by atoms with Crippen molar-refractivity contribution < 1.29 is 9.53 Å². The fourth-order valence-electron chi connectivity index (χ4n) is 2.82. The quantitative estimate of drug-likeness (QED) is 0.442. The van der Waals surface area contributed by atoms with Crippen molar-refractivity contribution in [2.75, 3.05) is 11.1 Å². The van der Waals surface area contributed by atoms with Crippen molar-refractivity contribution in [3.63, 3.8) is 0 Å². The van der Waals surface area contributed by atoms with Crippen LogP contribution in [0.3, 0.4) is 0 Å². The third kappa shape index (κ3) is 5.90. The summed E-state index contributed by atoms with van der Waals surface area (Å²) in [6.45, 7) is 4.03. The van der Waals surface area contributed by atoms with Crippen LogP contribution < -0.4 is 10.1 Å². The zero-order valence-corrected chi connectivity index (χ0v) is 19.2. The number of anilines is 1. The van der Waals surface area contributed by atoms with E-state index in [0.29, 0.717) is 26.7 Å². The van der Waals surface area contributed by atoms with Crippen LogP contribution in [0.25, 0.3) is 0 Å². The molecular formula is C21H22Cl2N4O2S. The van der Waals surface area contributed by atoms with Crippen LogP contribution in [0.1, 0.15) is 31.3 Å². The van der Waals surface area contributed by atoms with E-state index in [1.54, 1.807) is 18.2 Å². The smallest absolute Gasteiger partial charge is 0.234 e. The molecule has 1 aromatic heterocycles. The van der Waals surface area contributed by atoms with Crippen LogP contribution >= 0.6 is 35.0 Å². The number of thioether (sulfide) groups is 1. The molecule has 6 nitrogen and oxygen atoms in total. The molecule has 0 spiro atoms. The molecule has 0 saturated heterocycles. The Bertz CT molecular complexity index is 1000. The van der Waals surface area contributed by atoms with E-state index in [9.17, 15) is 4.79 Å². The SMILES string of the molecule is CCc1ccc(O[C@@H](C)c2nnc(SCC(=O)Nc3cc(Cl)cc(Cl)c3)n2C)cc1. The first kappa shape index (κ1) is 22.5. The molecule has 1 atom stereocenters. The van der Waals surface area contributed by atoms with E-state index < -0.39 is 0 Å². The zero-order valence-electron chi connectivity index (χ0n) is 16.9. The van der Waals surface area contributed by atoms with Crippen LogP contribution in [0.5, 0.6) is 5.75 Å². The fraction of sp³-hybridized carbons (Fsp3) is 0.286. The lowest BCUT2D eigenvalue weighted by Crippen LogP contribution is -2.15. The molecule has 0 aliphatic carbocycles. The summed E-state index contributed by atoms with van der Waals surface area (Å²) in [5.74, 6) is 1.43. The molecule has 0 saturated carbocycles. The molecule has 2 aromatic carbocycles. The van der Waals surface area contributed by atoms with Crippen LogP contribution in [0.4, 0.5) is 5.69 Å². The van der Waals surface area contributed by atoms with Crippen molar-refractivity contribution in [1.82, 2.24) is 14.8 Å². The molecule has 1 heterocycles. The summed E-state index contributed by atoms with van der Waals surface area (Å²) in [7, 11) is 1.85. The van der Waals surface area contributed by atoms with E-state index in [0.717, 1.165) is 12.2 Å². The van der Waals surface area contributed by atoms with Crippen molar-refractivity contribution in [3.05, 3.63) is 63.9 Å². The van der Waals surface area contributed by atoms with E-state index in [-0.39, 0.29) is 17.8 Å². The Morgan fingerprint density at radius 2 is 1.83 bits per heavy atom. The van der Waals surface area contributed by atoms with E-state index in [1.165, 1.54) is 17.3 Å². The van der Waals surface area contributed by atoms with Crippen LogP contribution in [-0.2, 0) is 18.3 Å². The van der Waals surface area contributed by atoms with Gasteiger partial charge < -0.3 is 14.6 Å². The third-order valence-corrected chi connectivity index (χ3v) is 5.81. The van der Waals surface area contributed by atoms with Crippen molar-refractivity contribution >= 4 is 46.6 Å². The van der Waals surface area contributed by atoms with Crippen LogP contribution in [0.15, 0.2) is 47.6 Å². The molecule has 3 aromatic rings. The first-order valence-electron chi connectivity index (χ1n) is 9.39. The number of hydrogen-bond acceptors (Lipinski definition) is 5. The van der Waals surface area contributed by atoms with Crippen LogP contribution in [0, 0.1) is 0 Å². The van der Waals surface area contributed by atoms with Crippen molar-refractivity contribution in [1.29, 1.82) is 0 Å². The average Bonchev–Trinajstić information content (AvgIpc) is 3.06. The number of nitrogens with zero attached hydrogens (tertiary/aromatic N) is 3. The number of ether oxygens (including phenoxy) is 1. The molecule has 0 aliphatic rings. The van der Waals surface area contributed by atoms with Crippen LogP contribution in [0.2, 0.25) is 10.0 Å². The summed E-state index contributed by atoms with van der Waals surface area (Å²) in [5, 5.41) is 12.7. The van der Waals surface area contributed by atoms with E-state index in [2.05, 4.69) is 22.4 Å². The lowest BCUT2D eigenvalue weighted by molar-refractivity contribution is -0.113. The highest BCUT2D eigenvalue weighted by molar-refractivity contribution is 7.99. The second-order valence-electron chi connectivity index (χ2n) is 6.65. The van der Waals surface area contributed by atoms with E-state index >= 15 is 0 Å². The van der Waals surface area contributed by atoms with Gasteiger partial charge in [-0.25, -0.2) is 0 Å². The van der Waals surface area contributed by atoms with Crippen molar-refractivity contribution in [2.24, 2.45) is 7.05 Å². The standard InChI is InChI=1S/C21H22Cl2N4O2S/c1-4-14-5-7-18(8-6-14)29-13(2)20-25-26-21(27(20)3)30-12-19(28)24-17-10-15(22)9-16(23)11-17/h5-11,13H,4,12H2,1-3H3,(H,24,28)/t13-/m0/s1. The Balaban J connectivity index is 1.58. The number of benzene rings is 2. The number of carbonyl (C=O) groups excluding carboxylic acids is 1. The summed E-state index contributed by atoms with van der Waals surface area (Å²) in [4.78, 5) is 12.3. The number of rotatable bonds is 8. The predicted molar refractivity (Wildman–Crippen MR) is 122 cm³/mol. The van der Waals surface area contributed by atoms with Crippen molar-refractivity contribution in [3.8, 4) is 5.75 Å². The lowest BCUT2D eigenvalue weighted by Gasteiger charge is -2.14. The summed E-state index contributed by atoms with van der Waals surface area (Å²) in [6, 6.07) is 12.9. The minimum atomic E-state index is -0.285. The van der Waals surface area contributed by atoms with Gasteiger partial charge in [0.2, 0.25) is 5.91 Å². The molecule has 0 aliphatic heterocycles. The molecule has 1 N–H and O–H groups in total. The number of carbonyl (C=O) groups is 1. The number of hydrogen-bond donors (Lipinski definition) is 1. The Hall–Kier alpha value is -2.22. The van der Waals surface area contributed by atoms with E-state index in [4.69, 9.17) is 27.9 Å². The molecule has 1 amide bonds. The predicted octanol–water partition coefficient (Wildman–Crippen LogP) is 5.56. The highest BCUT2D eigenvalue weighted by Crippen LogP contribution is 2.25. The molecular weight excluding hydrogens is 443 g/mol. The van der Waals surface area contributed by atoms with Crippen LogP contribution in [-0.4, -0.2) is 26.4 Å². The summed E-state index contributed by atoms with van der Waals surface area (Å²) >= 11 is 13.2. The van der Waals surface area contributed by atoms with Crippen molar-refractivity contribution in [2.45, 2.75) is 31.5 Å². The normalized spacial score (nSPS) is 11.9. The van der Waals surface area contributed by atoms with Gasteiger partial charge in [0.25, 0.3) is 0 Å². The minimum Gasteiger partial charge on any atom is -0.483 e. The summed E-state index contributed by atoms with van der Waals surface area (Å²) in [5.41, 5.74) is 1.80. The van der Waals surface area contributed by atoms with Gasteiger partial charge in [0.05, 0.1) is 5.75 Å². The molecule has 0 radical (unpaired) electrons. The highest BCUT2D eigenvalue weighted by atomic mass is 35.5. The van der Waals surface area contributed by atoms with Gasteiger partial charge in [-0.05, 0) is 49.2 Å². The second kappa shape index (κ2) is 10.2. The molecule has 158 valence electrons. The third-order valence-electron chi connectivity index (χ3n) is 4.36. The molecule has 30 heavy (non-hydrogen) atoms. The topological polar surface area (TPSA) is 69.0 Å². The number of aryl methyl sites for hydroxylation is 1. The molecule has 3 rings (SSSR count). The Morgan fingerprint density at radius 1 is 1.17 bits per heavy atom. The van der Waals surface area contributed by atoms with Gasteiger partial charge in [-0.3, -0.25) is 4.79 Å². The number of aromatic nitrogens is 3. The van der Waals surface area contributed by atoms with Gasteiger partial charge in [-0.1, -0.05) is 54.0 Å². The van der Waals surface area contributed by atoms with Gasteiger partial charge in [0, 0.05) is 22.8 Å².